The Morgan fingerprint density at radius 3 is 2.46 bits per heavy atom. The van der Waals surface area contributed by atoms with Crippen molar-refractivity contribution in [2.45, 2.75) is 18.7 Å². The molecule has 4 heteroatoms. The van der Waals surface area contributed by atoms with Gasteiger partial charge < -0.3 is 0 Å². The summed E-state index contributed by atoms with van der Waals surface area (Å²) in [5, 5.41) is -0.364. The van der Waals surface area contributed by atoms with Crippen molar-refractivity contribution in [3.05, 3.63) is 29.3 Å². The fraction of sp³-hybridized carbons (Fsp3) is 0.333. The molecule has 0 atom stereocenters. The highest BCUT2D eigenvalue weighted by molar-refractivity contribution is 7.92. The van der Waals surface area contributed by atoms with Crippen molar-refractivity contribution < 1.29 is 8.42 Å². The van der Waals surface area contributed by atoms with Crippen molar-refractivity contribution in [3.63, 3.8) is 0 Å². The average molecular weight is 219 g/mol. The van der Waals surface area contributed by atoms with Crippen LogP contribution in [0.1, 0.15) is 11.1 Å². The Labute approximate surface area is 83.5 Å². The van der Waals surface area contributed by atoms with Crippen LogP contribution in [0.3, 0.4) is 0 Å². The van der Waals surface area contributed by atoms with E-state index in [2.05, 4.69) is 0 Å². The second-order valence-electron chi connectivity index (χ2n) is 2.99. The van der Waals surface area contributed by atoms with Crippen LogP contribution in [0, 0.1) is 13.8 Å². The Balaban J connectivity index is 3.38. The van der Waals surface area contributed by atoms with E-state index in [1.165, 1.54) is 0 Å². The average Bonchev–Trinajstić information content (AvgIpc) is 2.09. The van der Waals surface area contributed by atoms with E-state index in [1.54, 1.807) is 19.1 Å². The van der Waals surface area contributed by atoms with Gasteiger partial charge in [0, 0.05) is 0 Å². The maximum atomic E-state index is 11.4. The molecule has 0 aliphatic carbocycles. The Kier molecular flexibility index (Phi) is 2.98. The minimum absolute atomic E-state index is 0.336. The van der Waals surface area contributed by atoms with Gasteiger partial charge in [0.2, 0.25) is 0 Å². The van der Waals surface area contributed by atoms with Gasteiger partial charge in [-0.05, 0) is 31.0 Å². The van der Waals surface area contributed by atoms with E-state index >= 15 is 0 Å². The third kappa shape index (κ3) is 2.23. The smallest absolute Gasteiger partial charge is 0.192 e. The standard InChI is InChI=1S/C9H11ClO2S/c1-7-3-4-8(2)9(5-7)13(11,12)6-10/h3-5H,6H2,1-2H3. The molecule has 0 saturated carbocycles. The lowest BCUT2D eigenvalue weighted by Crippen LogP contribution is -2.04. The predicted molar refractivity (Wildman–Crippen MR) is 53.8 cm³/mol. The largest absolute Gasteiger partial charge is 0.222 e. The summed E-state index contributed by atoms with van der Waals surface area (Å²) >= 11 is 5.36. The summed E-state index contributed by atoms with van der Waals surface area (Å²) in [7, 11) is -3.29. The summed E-state index contributed by atoms with van der Waals surface area (Å²) < 4.78 is 22.9. The van der Waals surface area contributed by atoms with Crippen molar-refractivity contribution in [1.29, 1.82) is 0 Å². The highest BCUT2D eigenvalue weighted by atomic mass is 35.5. The molecule has 0 aliphatic rings. The number of hydrogen-bond acceptors (Lipinski definition) is 2. The van der Waals surface area contributed by atoms with Crippen LogP contribution in [0.2, 0.25) is 0 Å². The van der Waals surface area contributed by atoms with Gasteiger partial charge >= 0.3 is 0 Å². The zero-order chi connectivity index (χ0) is 10.1. The van der Waals surface area contributed by atoms with Crippen LogP contribution in [0.25, 0.3) is 0 Å². The van der Waals surface area contributed by atoms with Gasteiger partial charge in [-0.3, -0.25) is 0 Å². The second kappa shape index (κ2) is 3.68. The van der Waals surface area contributed by atoms with Crippen molar-refractivity contribution in [3.8, 4) is 0 Å². The number of aryl methyl sites for hydroxylation is 2. The van der Waals surface area contributed by atoms with E-state index in [0.717, 1.165) is 11.1 Å². The van der Waals surface area contributed by atoms with E-state index in [-0.39, 0.29) is 5.21 Å². The Hall–Kier alpha value is -0.540. The number of rotatable bonds is 2. The van der Waals surface area contributed by atoms with Crippen molar-refractivity contribution in [1.82, 2.24) is 0 Å². The minimum atomic E-state index is -3.29. The van der Waals surface area contributed by atoms with Crippen molar-refractivity contribution in [2.24, 2.45) is 0 Å². The van der Waals surface area contributed by atoms with Crippen molar-refractivity contribution >= 4 is 21.4 Å². The van der Waals surface area contributed by atoms with Gasteiger partial charge in [-0.1, -0.05) is 12.1 Å². The van der Waals surface area contributed by atoms with E-state index in [1.807, 2.05) is 13.0 Å². The van der Waals surface area contributed by atoms with E-state index in [4.69, 9.17) is 11.6 Å². The molecule has 0 N–H and O–H groups in total. The van der Waals surface area contributed by atoms with Crippen LogP contribution in [0.5, 0.6) is 0 Å². The van der Waals surface area contributed by atoms with Gasteiger partial charge in [-0.2, -0.15) is 0 Å². The highest BCUT2D eigenvalue weighted by Gasteiger charge is 2.15. The molecule has 0 heterocycles. The molecule has 1 aromatic carbocycles. The second-order valence-corrected chi connectivity index (χ2v) is 5.54. The van der Waals surface area contributed by atoms with Crippen molar-refractivity contribution in [2.75, 3.05) is 5.21 Å². The molecule has 0 aromatic heterocycles. The first-order valence-corrected chi connectivity index (χ1v) is 6.02. The topological polar surface area (TPSA) is 34.1 Å². The van der Waals surface area contributed by atoms with Crippen LogP contribution < -0.4 is 0 Å². The summed E-state index contributed by atoms with van der Waals surface area (Å²) in [6, 6.07) is 5.31. The molecule has 13 heavy (non-hydrogen) atoms. The minimum Gasteiger partial charge on any atom is -0.222 e. The monoisotopic (exact) mass is 218 g/mol. The first-order chi connectivity index (χ1) is 5.97. The van der Waals surface area contributed by atoms with Gasteiger partial charge in [-0.15, -0.1) is 11.6 Å². The maximum Gasteiger partial charge on any atom is 0.192 e. The lowest BCUT2D eigenvalue weighted by atomic mass is 10.2. The number of alkyl halides is 1. The Morgan fingerprint density at radius 1 is 1.31 bits per heavy atom. The summed E-state index contributed by atoms with van der Waals surface area (Å²) in [6.07, 6.45) is 0. The van der Waals surface area contributed by atoms with Crippen LogP contribution >= 0.6 is 11.6 Å². The van der Waals surface area contributed by atoms with E-state index < -0.39 is 9.84 Å². The lowest BCUT2D eigenvalue weighted by Gasteiger charge is -2.05. The first kappa shape index (κ1) is 10.5. The van der Waals surface area contributed by atoms with Crippen LogP contribution in [-0.2, 0) is 9.84 Å². The SMILES string of the molecule is Cc1ccc(C)c(S(=O)(=O)CCl)c1. The number of sulfone groups is 1. The van der Waals surface area contributed by atoms with Crippen LogP contribution in [-0.4, -0.2) is 13.6 Å². The molecule has 0 unspecified atom stereocenters. The van der Waals surface area contributed by atoms with Crippen LogP contribution in [0.4, 0.5) is 0 Å². The summed E-state index contributed by atoms with van der Waals surface area (Å²) in [5.74, 6) is 0. The van der Waals surface area contributed by atoms with Gasteiger partial charge in [-0.25, -0.2) is 8.42 Å². The molecular weight excluding hydrogens is 208 g/mol. The number of halogens is 1. The molecule has 0 aliphatic heterocycles. The van der Waals surface area contributed by atoms with Gasteiger partial charge in [0.25, 0.3) is 0 Å². The molecule has 0 saturated heterocycles. The van der Waals surface area contributed by atoms with E-state index in [9.17, 15) is 8.42 Å². The lowest BCUT2D eigenvalue weighted by molar-refractivity contribution is 0.600. The molecular formula is C9H11ClO2S. The maximum absolute atomic E-state index is 11.4. The van der Waals surface area contributed by atoms with Gasteiger partial charge in [0.15, 0.2) is 9.84 Å². The molecule has 1 aromatic rings. The summed E-state index contributed by atoms with van der Waals surface area (Å²) in [5.41, 5.74) is 1.67. The number of hydrogen-bond donors (Lipinski definition) is 0. The summed E-state index contributed by atoms with van der Waals surface area (Å²) in [4.78, 5) is 0.336. The Bertz CT molecular complexity index is 410. The fourth-order valence-electron chi connectivity index (χ4n) is 1.10. The molecule has 0 fully saturated rings. The van der Waals surface area contributed by atoms with Gasteiger partial charge in [0.1, 0.15) is 5.21 Å². The Morgan fingerprint density at radius 2 is 1.92 bits per heavy atom. The summed E-state index contributed by atoms with van der Waals surface area (Å²) in [6.45, 7) is 3.62. The normalized spacial score (nSPS) is 11.6. The third-order valence-electron chi connectivity index (χ3n) is 1.82. The molecule has 0 spiro atoms. The molecule has 2 nitrogen and oxygen atoms in total. The quantitative estimate of drug-likeness (QED) is 0.714. The fourth-order valence-corrected chi connectivity index (χ4v) is 2.50. The number of benzene rings is 1. The van der Waals surface area contributed by atoms with Crippen LogP contribution in [0.15, 0.2) is 23.1 Å². The zero-order valence-electron chi connectivity index (χ0n) is 7.54. The molecule has 72 valence electrons. The highest BCUT2D eigenvalue weighted by Crippen LogP contribution is 2.18. The molecule has 1 rings (SSSR count). The van der Waals surface area contributed by atoms with E-state index in [0.29, 0.717) is 4.90 Å². The molecule has 0 radical (unpaired) electrons. The molecule has 0 amide bonds. The van der Waals surface area contributed by atoms with Gasteiger partial charge in [0.05, 0.1) is 4.90 Å². The third-order valence-corrected chi connectivity index (χ3v) is 4.08. The first-order valence-electron chi connectivity index (χ1n) is 3.83. The predicted octanol–water partition coefficient (Wildman–Crippen LogP) is 2.27. The zero-order valence-corrected chi connectivity index (χ0v) is 9.11. The molecule has 0 bridgehead atoms.